The van der Waals surface area contributed by atoms with Gasteiger partial charge in [0.05, 0.1) is 25.0 Å². The standard InChI is InChI=1S/C11H19NO4S2/c1-7-12(9(17)6-18-7)8(11(14)16-3)4-5-10(13)15-2/h7-9,17H,4-6H2,1-3H3. The van der Waals surface area contributed by atoms with Crippen LogP contribution >= 0.6 is 24.4 Å². The molecule has 0 radical (unpaired) electrons. The fourth-order valence-corrected chi connectivity index (χ4v) is 3.78. The molecular weight excluding hydrogens is 274 g/mol. The smallest absolute Gasteiger partial charge is 0.323 e. The lowest BCUT2D eigenvalue weighted by Gasteiger charge is -2.31. The Bertz CT molecular complexity index is 303. The Hall–Kier alpha value is -0.400. The van der Waals surface area contributed by atoms with Crippen LogP contribution in [-0.4, -0.2) is 53.6 Å². The van der Waals surface area contributed by atoms with Gasteiger partial charge in [-0.05, 0) is 13.3 Å². The zero-order valence-corrected chi connectivity index (χ0v) is 12.5. The van der Waals surface area contributed by atoms with Crippen LogP contribution in [-0.2, 0) is 19.1 Å². The SMILES string of the molecule is COC(=O)CCC(C(=O)OC)N1C(S)CSC1C. The third-order valence-corrected chi connectivity index (χ3v) is 4.86. The lowest BCUT2D eigenvalue weighted by molar-refractivity contribution is -0.148. The number of ether oxygens (including phenoxy) is 2. The number of nitrogens with zero attached hydrogens (tertiary/aromatic N) is 1. The van der Waals surface area contributed by atoms with Crippen molar-refractivity contribution in [1.82, 2.24) is 4.90 Å². The lowest BCUT2D eigenvalue weighted by atomic mass is 10.1. The molecular formula is C11H19NO4S2. The van der Waals surface area contributed by atoms with Crippen LogP contribution in [0.15, 0.2) is 0 Å². The van der Waals surface area contributed by atoms with Crippen molar-refractivity contribution in [2.45, 2.75) is 36.6 Å². The number of hydrogen-bond acceptors (Lipinski definition) is 7. The maximum atomic E-state index is 11.8. The molecule has 1 heterocycles. The van der Waals surface area contributed by atoms with Crippen molar-refractivity contribution >= 4 is 36.3 Å². The molecule has 1 saturated heterocycles. The average molecular weight is 293 g/mol. The van der Waals surface area contributed by atoms with Gasteiger partial charge >= 0.3 is 11.9 Å². The monoisotopic (exact) mass is 293 g/mol. The minimum absolute atomic E-state index is 0.00625. The number of hydrogen-bond donors (Lipinski definition) is 1. The summed E-state index contributed by atoms with van der Waals surface area (Å²) in [6.07, 6.45) is 0.589. The van der Waals surface area contributed by atoms with Gasteiger partial charge < -0.3 is 9.47 Å². The Morgan fingerprint density at radius 2 is 2.11 bits per heavy atom. The third-order valence-electron chi connectivity index (χ3n) is 2.93. The van der Waals surface area contributed by atoms with Crippen LogP contribution in [0.4, 0.5) is 0 Å². The molecule has 0 amide bonds. The molecule has 3 atom stereocenters. The molecule has 0 aliphatic carbocycles. The molecule has 1 aliphatic heterocycles. The van der Waals surface area contributed by atoms with Gasteiger partial charge in [0.2, 0.25) is 0 Å². The molecule has 1 fully saturated rings. The Kier molecular flexibility index (Phi) is 6.31. The van der Waals surface area contributed by atoms with Crippen molar-refractivity contribution < 1.29 is 19.1 Å². The second-order valence-corrected chi connectivity index (χ2v) is 5.96. The summed E-state index contributed by atoms with van der Waals surface area (Å²) in [5.74, 6) is 0.210. The van der Waals surface area contributed by atoms with Crippen LogP contribution in [0.1, 0.15) is 19.8 Å². The Morgan fingerprint density at radius 3 is 2.56 bits per heavy atom. The summed E-state index contributed by atoms with van der Waals surface area (Å²) in [5, 5.41) is 0.195. The average Bonchev–Trinajstić information content (AvgIpc) is 2.69. The Morgan fingerprint density at radius 1 is 1.44 bits per heavy atom. The topological polar surface area (TPSA) is 55.8 Å². The highest BCUT2D eigenvalue weighted by atomic mass is 32.2. The summed E-state index contributed by atoms with van der Waals surface area (Å²) < 4.78 is 9.41. The summed E-state index contributed by atoms with van der Waals surface area (Å²) in [6.45, 7) is 2.02. The summed E-state index contributed by atoms with van der Waals surface area (Å²) in [6, 6.07) is -0.443. The molecule has 0 spiro atoms. The van der Waals surface area contributed by atoms with Gasteiger partial charge in [0.1, 0.15) is 6.04 Å². The van der Waals surface area contributed by atoms with E-state index in [0.29, 0.717) is 6.42 Å². The van der Waals surface area contributed by atoms with E-state index in [4.69, 9.17) is 4.74 Å². The van der Waals surface area contributed by atoms with Gasteiger partial charge in [-0.2, -0.15) is 12.6 Å². The summed E-state index contributed by atoms with van der Waals surface area (Å²) in [7, 11) is 2.69. The molecule has 0 aromatic carbocycles. The van der Waals surface area contributed by atoms with Crippen LogP contribution in [0.3, 0.4) is 0 Å². The number of rotatable bonds is 5. The van der Waals surface area contributed by atoms with Gasteiger partial charge in [-0.3, -0.25) is 14.5 Å². The largest absolute Gasteiger partial charge is 0.469 e. The first-order valence-corrected chi connectivity index (χ1v) is 7.29. The highest BCUT2D eigenvalue weighted by Gasteiger charge is 2.38. The number of carbonyl (C=O) groups excluding carboxylic acids is 2. The van der Waals surface area contributed by atoms with E-state index in [0.717, 1.165) is 5.75 Å². The minimum Gasteiger partial charge on any atom is -0.469 e. The van der Waals surface area contributed by atoms with Crippen molar-refractivity contribution in [2.75, 3.05) is 20.0 Å². The van der Waals surface area contributed by atoms with Crippen LogP contribution in [0.5, 0.6) is 0 Å². The molecule has 1 rings (SSSR count). The Labute approximate surface area is 117 Å². The summed E-state index contributed by atoms with van der Waals surface area (Å²) in [4.78, 5) is 25.0. The molecule has 104 valence electrons. The molecule has 0 aromatic rings. The van der Waals surface area contributed by atoms with Crippen molar-refractivity contribution in [3.63, 3.8) is 0 Å². The van der Waals surface area contributed by atoms with Crippen molar-refractivity contribution in [2.24, 2.45) is 0 Å². The van der Waals surface area contributed by atoms with E-state index in [-0.39, 0.29) is 29.1 Å². The van der Waals surface area contributed by atoms with Gasteiger partial charge in [0.25, 0.3) is 0 Å². The van der Waals surface area contributed by atoms with Crippen molar-refractivity contribution in [3.8, 4) is 0 Å². The predicted molar refractivity (Wildman–Crippen MR) is 73.6 cm³/mol. The highest BCUT2D eigenvalue weighted by Crippen LogP contribution is 2.33. The normalized spacial score (nSPS) is 25.8. The van der Waals surface area contributed by atoms with Gasteiger partial charge in [0.15, 0.2) is 0 Å². The van der Waals surface area contributed by atoms with E-state index >= 15 is 0 Å². The zero-order chi connectivity index (χ0) is 13.7. The molecule has 0 aromatic heterocycles. The van der Waals surface area contributed by atoms with E-state index in [9.17, 15) is 9.59 Å². The van der Waals surface area contributed by atoms with Crippen molar-refractivity contribution in [1.29, 1.82) is 0 Å². The minimum atomic E-state index is -0.443. The number of esters is 2. The molecule has 18 heavy (non-hydrogen) atoms. The number of thiol groups is 1. The molecule has 0 N–H and O–H groups in total. The van der Waals surface area contributed by atoms with Gasteiger partial charge in [-0.1, -0.05) is 0 Å². The Balaban J connectivity index is 2.71. The van der Waals surface area contributed by atoms with E-state index in [1.807, 2.05) is 11.8 Å². The van der Waals surface area contributed by atoms with Crippen LogP contribution in [0.2, 0.25) is 0 Å². The first-order chi connectivity index (χ1) is 8.51. The first-order valence-electron chi connectivity index (χ1n) is 5.73. The van der Waals surface area contributed by atoms with Crippen LogP contribution < -0.4 is 0 Å². The maximum absolute atomic E-state index is 11.8. The highest BCUT2D eigenvalue weighted by molar-refractivity contribution is 8.01. The molecule has 5 nitrogen and oxygen atoms in total. The van der Waals surface area contributed by atoms with Crippen LogP contribution in [0.25, 0.3) is 0 Å². The quantitative estimate of drug-likeness (QED) is 0.606. The van der Waals surface area contributed by atoms with E-state index < -0.39 is 6.04 Å². The second-order valence-electron chi connectivity index (χ2n) is 4.01. The van der Waals surface area contributed by atoms with E-state index in [1.165, 1.54) is 14.2 Å². The lowest BCUT2D eigenvalue weighted by Crippen LogP contribution is -2.46. The molecule has 0 bridgehead atoms. The van der Waals surface area contributed by atoms with Gasteiger partial charge in [0, 0.05) is 12.2 Å². The molecule has 7 heteroatoms. The predicted octanol–water partition coefficient (Wildman–Crippen LogP) is 1.13. The molecule has 1 aliphatic rings. The molecule has 3 unspecified atom stereocenters. The summed E-state index contributed by atoms with van der Waals surface area (Å²) >= 11 is 6.20. The fourth-order valence-electron chi connectivity index (χ4n) is 1.98. The third kappa shape index (κ3) is 3.80. The number of methoxy groups -OCH3 is 2. The van der Waals surface area contributed by atoms with Crippen molar-refractivity contribution in [3.05, 3.63) is 0 Å². The fraction of sp³-hybridized carbons (Fsp3) is 0.818. The van der Waals surface area contributed by atoms with E-state index in [1.54, 1.807) is 11.8 Å². The van der Waals surface area contributed by atoms with Gasteiger partial charge in [-0.15, -0.1) is 11.8 Å². The zero-order valence-electron chi connectivity index (χ0n) is 10.8. The number of carbonyl (C=O) groups is 2. The first kappa shape index (κ1) is 15.7. The van der Waals surface area contributed by atoms with E-state index in [2.05, 4.69) is 17.4 Å². The maximum Gasteiger partial charge on any atom is 0.323 e. The summed E-state index contributed by atoms with van der Waals surface area (Å²) in [5.41, 5.74) is 0. The molecule has 0 saturated carbocycles. The van der Waals surface area contributed by atoms with Crippen LogP contribution in [0, 0.1) is 0 Å². The number of thioether (sulfide) groups is 1. The van der Waals surface area contributed by atoms with Gasteiger partial charge in [-0.25, -0.2) is 0 Å². The second kappa shape index (κ2) is 7.25.